The summed E-state index contributed by atoms with van der Waals surface area (Å²) in [6.45, 7) is 1.17. The standard InChI is InChI=1S/C22H18ClN3O2/c23-14-3-1-2-12(6-14)17-7-16-13(9-24-17)4-5-15-19-18(25-20(15)16)8-22(10-28-11-22)26-21(19)27/h1-3,6-7,9,25H,4-5,8,10-11H2,(H,26,27). The predicted molar refractivity (Wildman–Crippen MR) is 107 cm³/mol. The first-order chi connectivity index (χ1) is 13.6. The van der Waals surface area contributed by atoms with E-state index < -0.39 is 0 Å². The minimum absolute atomic E-state index is 0.0228. The zero-order chi connectivity index (χ0) is 18.9. The Labute approximate surface area is 167 Å². The van der Waals surface area contributed by atoms with Gasteiger partial charge in [0.25, 0.3) is 5.91 Å². The van der Waals surface area contributed by atoms with Crippen molar-refractivity contribution in [2.24, 2.45) is 0 Å². The average molecular weight is 392 g/mol. The normalized spacial score (nSPS) is 18.7. The first-order valence-electron chi connectivity index (χ1n) is 9.51. The van der Waals surface area contributed by atoms with Crippen LogP contribution in [0.3, 0.4) is 0 Å². The van der Waals surface area contributed by atoms with E-state index in [0.717, 1.165) is 58.6 Å². The van der Waals surface area contributed by atoms with Gasteiger partial charge in [-0.3, -0.25) is 9.78 Å². The minimum atomic E-state index is -0.232. The molecule has 4 heterocycles. The van der Waals surface area contributed by atoms with Crippen LogP contribution in [0.2, 0.25) is 5.02 Å². The highest BCUT2D eigenvalue weighted by molar-refractivity contribution is 6.30. The number of halogens is 1. The van der Waals surface area contributed by atoms with E-state index in [-0.39, 0.29) is 11.4 Å². The molecule has 2 N–H and O–H groups in total. The summed E-state index contributed by atoms with van der Waals surface area (Å²) >= 11 is 6.16. The molecule has 1 aromatic carbocycles. The van der Waals surface area contributed by atoms with Crippen LogP contribution >= 0.6 is 11.6 Å². The number of aromatic amines is 1. The van der Waals surface area contributed by atoms with Gasteiger partial charge in [-0.05, 0) is 42.2 Å². The fraction of sp³-hybridized carbons (Fsp3) is 0.273. The Balaban J connectivity index is 1.48. The second kappa shape index (κ2) is 5.69. The van der Waals surface area contributed by atoms with Gasteiger partial charge in [-0.2, -0.15) is 0 Å². The zero-order valence-electron chi connectivity index (χ0n) is 15.1. The van der Waals surface area contributed by atoms with Crippen LogP contribution in [-0.2, 0) is 24.0 Å². The quantitative estimate of drug-likeness (QED) is 0.666. The highest BCUT2D eigenvalue weighted by Gasteiger charge is 2.46. The van der Waals surface area contributed by atoms with Crippen LogP contribution in [0.25, 0.3) is 22.5 Å². The number of ether oxygens (including phenoxy) is 1. The Bertz CT molecular complexity index is 1150. The van der Waals surface area contributed by atoms with E-state index >= 15 is 0 Å². The van der Waals surface area contributed by atoms with Gasteiger partial charge in [-0.15, -0.1) is 0 Å². The maximum absolute atomic E-state index is 12.9. The summed E-state index contributed by atoms with van der Waals surface area (Å²) in [5.74, 6) is 0.0228. The molecule has 1 amide bonds. The van der Waals surface area contributed by atoms with E-state index in [1.165, 1.54) is 5.56 Å². The summed E-state index contributed by atoms with van der Waals surface area (Å²) in [5.41, 5.74) is 8.03. The second-order valence-corrected chi connectivity index (χ2v) is 8.41. The Morgan fingerprint density at radius 2 is 2.07 bits per heavy atom. The van der Waals surface area contributed by atoms with E-state index in [0.29, 0.717) is 18.2 Å². The Morgan fingerprint density at radius 3 is 2.86 bits per heavy atom. The number of aryl methyl sites for hydroxylation is 1. The van der Waals surface area contributed by atoms with Crippen molar-refractivity contribution < 1.29 is 9.53 Å². The van der Waals surface area contributed by atoms with E-state index in [4.69, 9.17) is 16.3 Å². The lowest BCUT2D eigenvalue weighted by Gasteiger charge is -2.44. The van der Waals surface area contributed by atoms with Crippen LogP contribution in [-0.4, -0.2) is 34.6 Å². The molecule has 28 heavy (non-hydrogen) atoms. The SMILES string of the molecule is O=C1NC2(COC2)Cc2[nH]c3c(c21)CCc1cnc(-c2cccc(Cl)c2)cc1-3. The molecule has 1 fully saturated rings. The largest absolute Gasteiger partial charge is 0.376 e. The van der Waals surface area contributed by atoms with Crippen molar-refractivity contribution >= 4 is 17.5 Å². The van der Waals surface area contributed by atoms with Crippen LogP contribution in [0, 0.1) is 0 Å². The molecule has 2 aromatic heterocycles. The summed E-state index contributed by atoms with van der Waals surface area (Å²) in [6, 6.07) is 9.84. The molecule has 5 nitrogen and oxygen atoms in total. The monoisotopic (exact) mass is 391 g/mol. The van der Waals surface area contributed by atoms with Gasteiger partial charge in [0.1, 0.15) is 0 Å². The molecular weight excluding hydrogens is 374 g/mol. The Morgan fingerprint density at radius 1 is 1.18 bits per heavy atom. The first kappa shape index (κ1) is 16.3. The number of nitrogens with one attached hydrogen (secondary N) is 2. The fourth-order valence-corrected chi connectivity index (χ4v) is 4.86. The van der Waals surface area contributed by atoms with Gasteiger partial charge in [0.05, 0.1) is 35.7 Å². The molecule has 0 unspecified atom stereocenters. The Kier molecular flexibility index (Phi) is 3.32. The van der Waals surface area contributed by atoms with Crippen molar-refractivity contribution in [3.05, 3.63) is 63.9 Å². The van der Waals surface area contributed by atoms with E-state index in [2.05, 4.69) is 21.4 Å². The van der Waals surface area contributed by atoms with Crippen LogP contribution < -0.4 is 5.32 Å². The van der Waals surface area contributed by atoms with Gasteiger partial charge < -0.3 is 15.0 Å². The van der Waals surface area contributed by atoms with Crippen molar-refractivity contribution in [2.45, 2.75) is 24.8 Å². The summed E-state index contributed by atoms with van der Waals surface area (Å²) in [7, 11) is 0. The Hall–Kier alpha value is -2.63. The van der Waals surface area contributed by atoms with Crippen LogP contribution in [0.15, 0.2) is 36.5 Å². The molecule has 2 aliphatic heterocycles. The number of hydrogen-bond acceptors (Lipinski definition) is 3. The molecule has 1 saturated heterocycles. The third kappa shape index (κ3) is 2.30. The number of pyridine rings is 1. The number of fused-ring (bicyclic) bond motifs is 5. The highest BCUT2D eigenvalue weighted by Crippen LogP contribution is 2.40. The number of amides is 1. The number of rotatable bonds is 1. The lowest BCUT2D eigenvalue weighted by molar-refractivity contribution is -0.0713. The van der Waals surface area contributed by atoms with Gasteiger partial charge in [-0.25, -0.2) is 0 Å². The maximum Gasteiger partial charge on any atom is 0.254 e. The maximum atomic E-state index is 12.9. The number of carbonyl (C=O) groups is 1. The molecule has 0 atom stereocenters. The molecule has 1 spiro atoms. The van der Waals surface area contributed by atoms with Gasteiger partial charge >= 0.3 is 0 Å². The lowest BCUT2D eigenvalue weighted by atomic mass is 9.83. The van der Waals surface area contributed by atoms with Crippen molar-refractivity contribution in [3.63, 3.8) is 0 Å². The molecule has 140 valence electrons. The molecule has 6 rings (SSSR count). The molecule has 0 radical (unpaired) electrons. The number of hydrogen-bond donors (Lipinski definition) is 2. The average Bonchev–Trinajstić information content (AvgIpc) is 3.05. The zero-order valence-corrected chi connectivity index (χ0v) is 15.9. The van der Waals surface area contributed by atoms with E-state index in [9.17, 15) is 4.79 Å². The van der Waals surface area contributed by atoms with Gasteiger partial charge in [0.2, 0.25) is 0 Å². The minimum Gasteiger partial charge on any atom is -0.376 e. The second-order valence-electron chi connectivity index (χ2n) is 7.97. The van der Waals surface area contributed by atoms with Gasteiger partial charge in [0, 0.05) is 34.5 Å². The summed E-state index contributed by atoms with van der Waals surface area (Å²) in [5, 5.41) is 3.87. The van der Waals surface area contributed by atoms with Crippen molar-refractivity contribution in [1.29, 1.82) is 0 Å². The lowest BCUT2D eigenvalue weighted by Crippen LogP contribution is -2.65. The van der Waals surface area contributed by atoms with Gasteiger partial charge in [0.15, 0.2) is 0 Å². The fourth-order valence-electron chi connectivity index (χ4n) is 4.67. The molecule has 3 aliphatic rings. The predicted octanol–water partition coefficient (Wildman–Crippen LogP) is 3.55. The highest BCUT2D eigenvalue weighted by atomic mass is 35.5. The summed E-state index contributed by atoms with van der Waals surface area (Å²) in [4.78, 5) is 21.1. The van der Waals surface area contributed by atoms with E-state index in [1.807, 2.05) is 30.5 Å². The summed E-state index contributed by atoms with van der Waals surface area (Å²) in [6.07, 6.45) is 4.48. The van der Waals surface area contributed by atoms with Crippen LogP contribution in [0.4, 0.5) is 0 Å². The van der Waals surface area contributed by atoms with Crippen molar-refractivity contribution in [1.82, 2.24) is 15.3 Å². The molecule has 6 heteroatoms. The smallest absolute Gasteiger partial charge is 0.254 e. The topological polar surface area (TPSA) is 67.0 Å². The summed E-state index contributed by atoms with van der Waals surface area (Å²) < 4.78 is 5.36. The third-order valence-corrected chi connectivity index (χ3v) is 6.31. The number of benzene rings is 1. The molecule has 3 aromatic rings. The van der Waals surface area contributed by atoms with Crippen molar-refractivity contribution in [2.75, 3.05) is 13.2 Å². The molecule has 1 aliphatic carbocycles. The van der Waals surface area contributed by atoms with E-state index in [1.54, 1.807) is 0 Å². The number of H-pyrrole nitrogens is 1. The molecular formula is C22H18ClN3O2. The van der Waals surface area contributed by atoms with Crippen molar-refractivity contribution in [3.8, 4) is 22.5 Å². The first-order valence-corrected chi connectivity index (χ1v) is 9.89. The number of carbonyl (C=O) groups excluding carboxylic acids is 1. The van der Waals surface area contributed by atoms with Crippen LogP contribution in [0.5, 0.6) is 0 Å². The third-order valence-electron chi connectivity index (χ3n) is 6.08. The number of aromatic nitrogens is 2. The van der Waals surface area contributed by atoms with Crippen LogP contribution in [0.1, 0.15) is 27.2 Å². The molecule has 0 saturated carbocycles. The number of nitrogens with zero attached hydrogens (tertiary/aromatic N) is 1. The van der Waals surface area contributed by atoms with Gasteiger partial charge in [-0.1, -0.05) is 23.7 Å². The molecule has 0 bridgehead atoms.